The third-order valence-corrected chi connectivity index (χ3v) is 15.3. The summed E-state index contributed by atoms with van der Waals surface area (Å²) in [5, 5.41) is 0. The molecule has 6 nitrogen and oxygen atoms in total. The predicted octanol–water partition coefficient (Wildman–Crippen LogP) is 24.4. The number of hydrogen-bond donors (Lipinski definition) is 0. The zero-order valence-electron chi connectivity index (χ0n) is 54.2. The van der Waals surface area contributed by atoms with Gasteiger partial charge in [-0.25, -0.2) is 0 Å². The van der Waals surface area contributed by atoms with Crippen LogP contribution in [0.4, 0.5) is 0 Å². The van der Waals surface area contributed by atoms with Crippen LogP contribution >= 0.6 is 0 Å². The van der Waals surface area contributed by atoms with Gasteiger partial charge in [0.05, 0.1) is 0 Å². The van der Waals surface area contributed by atoms with E-state index in [-0.39, 0.29) is 31.1 Å². The zero-order chi connectivity index (χ0) is 59.2. The van der Waals surface area contributed by atoms with E-state index in [1.807, 2.05) is 0 Å². The van der Waals surface area contributed by atoms with Crippen molar-refractivity contribution >= 4 is 17.9 Å². The Kier molecular flexibility index (Phi) is 66.7. The largest absolute Gasteiger partial charge is 0.462 e. The summed E-state index contributed by atoms with van der Waals surface area (Å²) in [5.41, 5.74) is 0. The van der Waals surface area contributed by atoms with Crippen LogP contribution in [-0.4, -0.2) is 37.2 Å². The summed E-state index contributed by atoms with van der Waals surface area (Å²) in [6.07, 6.45) is 94.3. The van der Waals surface area contributed by atoms with Crippen LogP contribution in [0.15, 0.2) is 97.2 Å². The zero-order valence-corrected chi connectivity index (χ0v) is 54.2. The smallest absolute Gasteiger partial charge is 0.306 e. The highest BCUT2D eigenvalue weighted by molar-refractivity contribution is 5.71. The molecule has 472 valence electrons. The fourth-order valence-corrected chi connectivity index (χ4v) is 10.1. The van der Waals surface area contributed by atoms with Crippen LogP contribution in [0, 0.1) is 0 Å². The minimum absolute atomic E-state index is 0.0755. The maximum absolute atomic E-state index is 12.9. The number of carbonyl (C=O) groups excluding carboxylic acids is 3. The summed E-state index contributed by atoms with van der Waals surface area (Å²) in [6, 6.07) is 0. The molecule has 1 unspecified atom stereocenters. The lowest BCUT2D eigenvalue weighted by Crippen LogP contribution is -2.30. The summed E-state index contributed by atoms with van der Waals surface area (Å²) in [4.78, 5) is 38.4. The summed E-state index contributed by atoms with van der Waals surface area (Å²) in [5.74, 6) is -0.868. The first-order valence-electron chi connectivity index (χ1n) is 35.2. The van der Waals surface area contributed by atoms with Gasteiger partial charge in [-0.15, -0.1) is 0 Å². The van der Waals surface area contributed by atoms with Crippen molar-refractivity contribution in [2.45, 2.75) is 354 Å². The van der Waals surface area contributed by atoms with E-state index in [4.69, 9.17) is 14.2 Å². The molecule has 0 aliphatic carbocycles. The lowest BCUT2D eigenvalue weighted by molar-refractivity contribution is -0.167. The van der Waals surface area contributed by atoms with Gasteiger partial charge in [0.25, 0.3) is 0 Å². The van der Waals surface area contributed by atoms with Gasteiger partial charge in [-0.1, -0.05) is 323 Å². The summed E-state index contributed by atoms with van der Waals surface area (Å²) < 4.78 is 17.0. The number of rotatable bonds is 64. The van der Waals surface area contributed by atoms with Gasteiger partial charge in [0.2, 0.25) is 0 Å². The van der Waals surface area contributed by atoms with Crippen molar-refractivity contribution in [2.24, 2.45) is 0 Å². The number of ether oxygens (including phenoxy) is 3. The summed E-state index contributed by atoms with van der Waals surface area (Å²) in [6.45, 7) is 6.55. The van der Waals surface area contributed by atoms with Crippen molar-refractivity contribution in [1.82, 2.24) is 0 Å². The molecule has 0 fully saturated rings. The molecule has 0 aromatic heterocycles. The molecule has 0 aromatic rings. The third-order valence-electron chi connectivity index (χ3n) is 15.3. The molecule has 0 radical (unpaired) electrons. The molecule has 1 atom stereocenters. The summed E-state index contributed by atoms with van der Waals surface area (Å²) in [7, 11) is 0. The van der Waals surface area contributed by atoms with Crippen molar-refractivity contribution < 1.29 is 28.6 Å². The van der Waals surface area contributed by atoms with Gasteiger partial charge >= 0.3 is 17.9 Å². The average molecular weight is 1140 g/mol. The van der Waals surface area contributed by atoms with Crippen LogP contribution in [0.1, 0.15) is 348 Å². The van der Waals surface area contributed by atoms with Gasteiger partial charge < -0.3 is 14.2 Å². The molecule has 0 saturated heterocycles. The fraction of sp³-hybridized carbons (Fsp3) is 0.750. The van der Waals surface area contributed by atoms with Crippen LogP contribution in [0.25, 0.3) is 0 Å². The molecule has 0 aliphatic rings. The molecule has 0 heterocycles. The lowest BCUT2D eigenvalue weighted by atomic mass is 10.0. The molecular weight excluding hydrogens is 1010 g/mol. The van der Waals surface area contributed by atoms with E-state index in [9.17, 15) is 14.4 Å². The molecule has 0 aliphatic heterocycles. The molecule has 0 bridgehead atoms. The maximum Gasteiger partial charge on any atom is 0.306 e. The second-order valence-corrected chi connectivity index (χ2v) is 23.4. The lowest BCUT2D eigenvalue weighted by Gasteiger charge is -2.18. The Labute approximate surface area is 508 Å². The molecule has 82 heavy (non-hydrogen) atoms. The first kappa shape index (κ1) is 78.3. The van der Waals surface area contributed by atoms with Crippen LogP contribution in [0.3, 0.4) is 0 Å². The molecule has 0 N–H and O–H groups in total. The Morgan fingerprint density at radius 1 is 0.256 bits per heavy atom. The number of unbranched alkanes of at least 4 members (excludes halogenated alkanes) is 37. The van der Waals surface area contributed by atoms with Gasteiger partial charge in [-0.05, 0) is 103 Å². The molecule has 6 heteroatoms. The fourth-order valence-electron chi connectivity index (χ4n) is 10.1. The van der Waals surface area contributed by atoms with Crippen molar-refractivity contribution in [3.8, 4) is 0 Å². The Hall–Kier alpha value is -3.67. The first-order valence-corrected chi connectivity index (χ1v) is 35.2. The molecule has 0 rings (SSSR count). The number of hydrogen-bond acceptors (Lipinski definition) is 6. The maximum atomic E-state index is 12.9. The van der Waals surface area contributed by atoms with E-state index in [2.05, 4.69) is 118 Å². The van der Waals surface area contributed by atoms with Crippen LogP contribution in [-0.2, 0) is 28.6 Å². The highest BCUT2D eigenvalue weighted by Crippen LogP contribution is 2.17. The van der Waals surface area contributed by atoms with Gasteiger partial charge in [0.1, 0.15) is 13.2 Å². The average Bonchev–Trinajstić information content (AvgIpc) is 3.47. The van der Waals surface area contributed by atoms with E-state index >= 15 is 0 Å². The van der Waals surface area contributed by atoms with Crippen LogP contribution in [0.2, 0.25) is 0 Å². The Morgan fingerprint density at radius 3 is 0.756 bits per heavy atom. The second-order valence-electron chi connectivity index (χ2n) is 23.4. The normalized spacial score (nSPS) is 12.7. The Balaban J connectivity index is 4.18. The Morgan fingerprint density at radius 2 is 0.476 bits per heavy atom. The second kappa shape index (κ2) is 69.8. The first-order chi connectivity index (χ1) is 40.5. The number of allylic oxidation sites excluding steroid dienone is 16. The van der Waals surface area contributed by atoms with Gasteiger partial charge in [-0.2, -0.15) is 0 Å². The molecular formula is C76H132O6. The van der Waals surface area contributed by atoms with Crippen LogP contribution in [0.5, 0.6) is 0 Å². The van der Waals surface area contributed by atoms with E-state index in [0.717, 1.165) is 109 Å². The van der Waals surface area contributed by atoms with E-state index in [1.165, 1.54) is 199 Å². The van der Waals surface area contributed by atoms with Crippen molar-refractivity contribution in [3.63, 3.8) is 0 Å². The van der Waals surface area contributed by atoms with Crippen LogP contribution < -0.4 is 0 Å². The quantitative estimate of drug-likeness (QED) is 0.0261. The monoisotopic (exact) mass is 1140 g/mol. The summed E-state index contributed by atoms with van der Waals surface area (Å²) >= 11 is 0. The van der Waals surface area contributed by atoms with E-state index in [1.54, 1.807) is 0 Å². The van der Waals surface area contributed by atoms with Crippen molar-refractivity contribution in [1.29, 1.82) is 0 Å². The van der Waals surface area contributed by atoms with E-state index < -0.39 is 6.10 Å². The minimum atomic E-state index is -0.780. The highest BCUT2D eigenvalue weighted by atomic mass is 16.6. The highest BCUT2D eigenvalue weighted by Gasteiger charge is 2.19. The van der Waals surface area contributed by atoms with Gasteiger partial charge in [0.15, 0.2) is 6.10 Å². The van der Waals surface area contributed by atoms with E-state index in [0.29, 0.717) is 19.3 Å². The molecule has 0 aromatic carbocycles. The third kappa shape index (κ3) is 67.1. The topological polar surface area (TPSA) is 78.9 Å². The number of carbonyl (C=O) groups is 3. The Bertz CT molecular complexity index is 1590. The molecule has 0 amide bonds. The minimum Gasteiger partial charge on any atom is -0.462 e. The SMILES string of the molecule is CC/C=C\C/C=C\C/C=C\C/C=C\C/C=C\C/C=C\C/C=C\CCCCCCCCCCCCCCCC(=O)OCC(COC(=O)CCCCCCCCCCCCCCC)OC(=O)CCCCCCC/C=C\CCCCCCCCC. The standard InChI is InChI=1S/C76H132O6/c1-4-7-10-13-16-19-22-25-27-29-30-31-32-33-34-35-36-37-38-39-40-41-42-43-44-45-46-47-49-51-54-57-60-63-66-69-75(78)81-72-73(71-80-74(77)68-65-62-59-56-53-50-24-21-18-15-12-9-6-3)82-76(79)70-67-64-61-58-55-52-48-28-26-23-20-17-14-11-8-5-2/h7,10,16,19,25,27-28,30-31,33-34,36-37,39-40,48,73H,4-6,8-9,11-15,17-18,20-24,26,29,32,35,38,41-47,49-72H2,1-3H3/b10-7-,19-16-,27-25-,31-30-,34-33-,37-36-,40-39-,48-28-. The number of esters is 3. The van der Waals surface area contributed by atoms with Crippen molar-refractivity contribution in [3.05, 3.63) is 97.2 Å². The van der Waals surface area contributed by atoms with Gasteiger partial charge in [-0.3, -0.25) is 14.4 Å². The molecule has 0 saturated carbocycles. The van der Waals surface area contributed by atoms with Crippen molar-refractivity contribution in [2.75, 3.05) is 13.2 Å². The van der Waals surface area contributed by atoms with Gasteiger partial charge in [0, 0.05) is 19.3 Å². The predicted molar refractivity (Wildman–Crippen MR) is 357 cm³/mol. The molecule has 0 spiro atoms.